The second-order valence-corrected chi connectivity index (χ2v) is 4.84. The SMILES string of the molecule is CCCCCCCCOC(=O)c1cc(=S)[nH]c(=O)[nH]1. The highest BCUT2D eigenvalue weighted by Crippen LogP contribution is 2.05. The van der Waals surface area contributed by atoms with E-state index in [-0.39, 0.29) is 10.3 Å². The summed E-state index contributed by atoms with van der Waals surface area (Å²) in [5, 5.41) is 0. The molecular weight excluding hydrogens is 264 g/mol. The average molecular weight is 284 g/mol. The number of carbonyl (C=O) groups is 1. The van der Waals surface area contributed by atoms with E-state index in [1.165, 1.54) is 31.7 Å². The molecule has 1 heterocycles. The molecule has 2 N–H and O–H groups in total. The van der Waals surface area contributed by atoms with Gasteiger partial charge in [0.1, 0.15) is 10.3 Å². The summed E-state index contributed by atoms with van der Waals surface area (Å²) in [5.41, 5.74) is -0.404. The Labute approximate surface area is 117 Å². The zero-order chi connectivity index (χ0) is 14.1. The molecule has 0 aliphatic rings. The minimum absolute atomic E-state index is 0.0970. The van der Waals surface area contributed by atoms with Gasteiger partial charge in [0.2, 0.25) is 0 Å². The summed E-state index contributed by atoms with van der Waals surface area (Å²) in [6.07, 6.45) is 6.77. The first-order valence-electron chi connectivity index (χ1n) is 6.64. The van der Waals surface area contributed by atoms with Gasteiger partial charge < -0.3 is 9.72 Å². The van der Waals surface area contributed by atoms with Crippen molar-refractivity contribution in [1.29, 1.82) is 0 Å². The molecule has 0 fully saturated rings. The van der Waals surface area contributed by atoms with Gasteiger partial charge in [-0.1, -0.05) is 51.2 Å². The minimum Gasteiger partial charge on any atom is -0.461 e. The highest BCUT2D eigenvalue weighted by molar-refractivity contribution is 7.71. The molecule has 0 bridgehead atoms. The smallest absolute Gasteiger partial charge is 0.354 e. The van der Waals surface area contributed by atoms with Crippen LogP contribution in [0.25, 0.3) is 0 Å². The Morgan fingerprint density at radius 1 is 1.21 bits per heavy atom. The summed E-state index contributed by atoms with van der Waals surface area (Å²) < 4.78 is 5.29. The number of rotatable bonds is 8. The Bertz CT molecular complexity index is 479. The van der Waals surface area contributed by atoms with Crippen molar-refractivity contribution < 1.29 is 9.53 Å². The number of ether oxygens (including phenoxy) is 1. The Morgan fingerprint density at radius 3 is 2.58 bits per heavy atom. The third-order valence-electron chi connectivity index (χ3n) is 2.71. The molecule has 1 aromatic heterocycles. The molecule has 0 amide bonds. The number of aromatic nitrogens is 2. The van der Waals surface area contributed by atoms with E-state index in [4.69, 9.17) is 17.0 Å². The third kappa shape index (κ3) is 6.33. The fourth-order valence-corrected chi connectivity index (χ4v) is 1.91. The molecule has 0 aliphatic heterocycles. The number of hydrogen-bond acceptors (Lipinski definition) is 4. The van der Waals surface area contributed by atoms with Crippen LogP contribution in [0.4, 0.5) is 0 Å². The maximum absolute atomic E-state index is 11.6. The number of unbranched alkanes of at least 4 members (excludes halogenated alkanes) is 5. The first-order chi connectivity index (χ1) is 9.13. The van der Waals surface area contributed by atoms with E-state index >= 15 is 0 Å². The highest BCUT2D eigenvalue weighted by Gasteiger charge is 2.08. The fraction of sp³-hybridized carbons (Fsp3) is 0.615. The largest absolute Gasteiger partial charge is 0.461 e. The van der Waals surface area contributed by atoms with Crippen LogP contribution in [-0.4, -0.2) is 22.5 Å². The molecule has 0 aliphatic carbocycles. The maximum atomic E-state index is 11.6. The summed E-state index contributed by atoms with van der Waals surface area (Å²) in [7, 11) is 0. The number of nitrogens with one attached hydrogen (secondary N) is 2. The van der Waals surface area contributed by atoms with Gasteiger partial charge in [0.25, 0.3) is 0 Å². The molecule has 0 spiro atoms. The van der Waals surface area contributed by atoms with Crippen LogP contribution in [0.5, 0.6) is 0 Å². The topological polar surface area (TPSA) is 75.0 Å². The summed E-state index contributed by atoms with van der Waals surface area (Å²) in [6, 6.07) is 1.39. The molecule has 0 aromatic carbocycles. The quantitative estimate of drug-likeness (QED) is 0.437. The molecule has 0 saturated carbocycles. The van der Waals surface area contributed by atoms with Crippen LogP contribution in [0.1, 0.15) is 55.9 Å². The molecular formula is C13H20N2O3S. The second-order valence-electron chi connectivity index (χ2n) is 4.41. The van der Waals surface area contributed by atoms with Crippen molar-refractivity contribution in [1.82, 2.24) is 9.97 Å². The van der Waals surface area contributed by atoms with Crippen molar-refractivity contribution in [3.8, 4) is 0 Å². The van der Waals surface area contributed by atoms with Crippen LogP contribution in [0.2, 0.25) is 0 Å². The number of esters is 1. The predicted molar refractivity (Wildman–Crippen MR) is 75.9 cm³/mol. The summed E-state index contributed by atoms with van der Waals surface area (Å²) in [4.78, 5) is 27.5. The molecule has 0 unspecified atom stereocenters. The Balaban J connectivity index is 2.28. The first-order valence-corrected chi connectivity index (χ1v) is 7.05. The Kier molecular flexibility index (Phi) is 7.10. The lowest BCUT2D eigenvalue weighted by atomic mass is 10.1. The number of H-pyrrole nitrogens is 2. The third-order valence-corrected chi connectivity index (χ3v) is 2.93. The molecule has 1 aromatic rings. The highest BCUT2D eigenvalue weighted by atomic mass is 32.1. The lowest BCUT2D eigenvalue weighted by Crippen LogP contribution is -2.17. The Morgan fingerprint density at radius 2 is 1.89 bits per heavy atom. The molecule has 0 radical (unpaired) electrons. The van der Waals surface area contributed by atoms with E-state index in [0.29, 0.717) is 6.61 Å². The summed E-state index contributed by atoms with van der Waals surface area (Å²) in [5.74, 6) is -0.536. The first kappa shape index (κ1) is 15.6. The molecule has 0 atom stereocenters. The predicted octanol–water partition coefficient (Wildman–Crippen LogP) is 2.95. The van der Waals surface area contributed by atoms with Crippen LogP contribution >= 0.6 is 12.2 Å². The van der Waals surface area contributed by atoms with E-state index in [2.05, 4.69) is 16.9 Å². The van der Waals surface area contributed by atoms with E-state index in [1.54, 1.807) is 0 Å². The van der Waals surface area contributed by atoms with Gasteiger partial charge in [0, 0.05) is 6.07 Å². The number of carbonyl (C=O) groups excluding carboxylic acids is 1. The van der Waals surface area contributed by atoms with Crippen LogP contribution in [0, 0.1) is 4.64 Å². The van der Waals surface area contributed by atoms with Gasteiger partial charge in [-0.2, -0.15) is 0 Å². The lowest BCUT2D eigenvalue weighted by molar-refractivity contribution is 0.0490. The van der Waals surface area contributed by atoms with Crippen molar-refractivity contribution in [3.05, 3.63) is 26.9 Å². The van der Waals surface area contributed by atoms with Crippen molar-refractivity contribution in [2.75, 3.05) is 6.61 Å². The van der Waals surface area contributed by atoms with E-state index in [0.717, 1.165) is 12.8 Å². The molecule has 6 heteroatoms. The van der Waals surface area contributed by atoms with E-state index in [1.807, 2.05) is 0 Å². The molecule has 5 nitrogen and oxygen atoms in total. The summed E-state index contributed by atoms with van der Waals surface area (Å²) in [6.45, 7) is 2.55. The zero-order valence-electron chi connectivity index (χ0n) is 11.2. The zero-order valence-corrected chi connectivity index (χ0v) is 12.0. The van der Waals surface area contributed by atoms with Gasteiger partial charge in [0.15, 0.2) is 0 Å². The molecule has 106 valence electrons. The average Bonchev–Trinajstić information content (AvgIpc) is 2.36. The van der Waals surface area contributed by atoms with Gasteiger partial charge in [-0.05, 0) is 6.42 Å². The van der Waals surface area contributed by atoms with Crippen LogP contribution in [-0.2, 0) is 4.74 Å². The number of aromatic amines is 2. The van der Waals surface area contributed by atoms with E-state index in [9.17, 15) is 9.59 Å². The van der Waals surface area contributed by atoms with Crippen molar-refractivity contribution >= 4 is 18.2 Å². The van der Waals surface area contributed by atoms with Crippen molar-refractivity contribution in [2.24, 2.45) is 0 Å². The standard InChI is InChI=1S/C13H20N2O3S/c1-2-3-4-5-6-7-8-18-12(16)10-9-11(19)15-13(17)14-10/h9H,2-8H2,1H3,(H2,14,15,17,19). The molecule has 1 rings (SSSR count). The van der Waals surface area contributed by atoms with Crippen LogP contribution < -0.4 is 5.69 Å². The minimum atomic E-state index is -0.536. The fourth-order valence-electron chi connectivity index (χ4n) is 1.70. The van der Waals surface area contributed by atoms with Crippen LogP contribution in [0.15, 0.2) is 10.9 Å². The van der Waals surface area contributed by atoms with Crippen molar-refractivity contribution in [2.45, 2.75) is 45.4 Å². The maximum Gasteiger partial charge on any atom is 0.354 e. The van der Waals surface area contributed by atoms with E-state index < -0.39 is 11.7 Å². The van der Waals surface area contributed by atoms with Crippen LogP contribution in [0.3, 0.4) is 0 Å². The molecule has 19 heavy (non-hydrogen) atoms. The molecule has 0 saturated heterocycles. The summed E-state index contributed by atoms with van der Waals surface area (Å²) >= 11 is 4.82. The van der Waals surface area contributed by atoms with Gasteiger partial charge >= 0.3 is 11.7 Å². The normalized spacial score (nSPS) is 10.4. The van der Waals surface area contributed by atoms with Gasteiger partial charge in [0.05, 0.1) is 6.61 Å². The Hall–Kier alpha value is -1.43. The number of hydrogen-bond donors (Lipinski definition) is 2. The monoisotopic (exact) mass is 284 g/mol. The van der Waals surface area contributed by atoms with Gasteiger partial charge in [-0.25, -0.2) is 9.59 Å². The van der Waals surface area contributed by atoms with Crippen molar-refractivity contribution in [3.63, 3.8) is 0 Å². The second kappa shape index (κ2) is 8.63. The van der Waals surface area contributed by atoms with Gasteiger partial charge in [-0.15, -0.1) is 0 Å². The van der Waals surface area contributed by atoms with Gasteiger partial charge in [-0.3, -0.25) is 4.98 Å². The lowest BCUT2D eigenvalue weighted by Gasteiger charge is -2.04.